The molecule has 33 heteroatoms. The second kappa shape index (κ2) is 38.8. The zero-order valence-electron chi connectivity index (χ0n) is 58.0. The van der Waals surface area contributed by atoms with Gasteiger partial charge in [0.05, 0.1) is 64.4 Å². The van der Waals surface area contributed by atoms with Crippen LogP contribution in [0.2, 0.25) is 0 Å². The number of carbonyl (C=O) groups excluding carboxylic acids is 9. The Labute approximate surface area is 590 Å². The number of nitrogens with two attached hydrogens (primary N) is 1. The van der Waals surface area contributed by atoms with Crippen molar-refractivity contribution in [3.8, 4) is 0 Å². The SMILES string of the molecule is COC[C@H](NC(=O)[C@H](COC)NC(=O)c1cc(C)on1)C(=O)O.COC[C@H](NC(=O)c1cc(C)on1)C(=O)N[C@@H](COC)C(=O)N[C@@H](Cc1ccc(F)cc1)C(=O)[C@@]1(C)CO1.C[C@]1(C(=O)[C@@H](N)Cc2ccc(F)cc2)CO1.C[C@]1(C(=O)[C@H](Cc2ccc(F)cc2)NC(=O)OCc2ccccc2)CO1. The number of halogens is 3. The molecule has 3 saturated heterocycles. The minimum Gasteiger partial charge on any atom is -0.480 e. The molecule has 0 unspecified atom stereocenters. The normalized spacial score (nSPS) is 18.7. The standard InChI is InChI=1S/C25H31FN4O8.C20H20FNO4.C13H19N3O7.C12H14FNO2/c1-14-9-18(30-38-14)22(32)28-20(12-36-4)24(34)29-19(11-35-3)23(33)27-17(21(31)25(2)13-37-25)10-15-5-7-16(26)8-6-15;1-20(13-26-20)18(23)17(11-14-7-9-16(21)10-8-14)22-19(24)25-12-15-5-3-2-4-6-15;1-7-4-8(16-23-7)11(17)14-9(5-21-2)12(18)15-10(6-22-3)13(19)20;1-12(7-16-12)11(15)10(14)6-8-2-4-9(13)5-3-8/h5-9,17,19-20H,10-13H2,1-4H3,(H,27,33)(H,28,32)(H,29,34);2-10,17H,11-13H2,1H3,(H,22,24);4,9-10H,5-6H2,1-3H3,(H,14,17)(H,15,18)(H,19,20);2-5,10H,6-7,14H2,1H3/t17-,19-,20-,25+;17-,20+;9-,10-;10-,12+/m0000/s1. The molecule has 0 bridgehead atoms. The quantitative estimate of drug-likeness (QED) is 0.0269. The first-order valence-corrected chi connectivity index (χ1v) is 32.0. The third kappa shape index (κ3) is 26.3. The molecule has 103 heavy (non-hydrogen) atoms. The van der Waals surface area contributed by atoms with Gasteiger partial charge in [0.1, 0.15) is 70.5 Å². The molecule has 0 saturated carbocycles. The summed E-state index contributed by atoms with van der Waals surface area (Å²) in [6, 6.07) is 22.3. The molecule has 3 fully saturated rings. The number of amides is 6. The van der Waals surface area contributed by atoms with E-state index in [1.807, 2.05) is 30.3 Å². The summed E-state index contributed by atoms with van der Waals surface area (Å²) in [6.07, 6.45) is 0.0478. The van der Waals surface area contributed by atoms with Crippen LogP contribution in [0.3, 0.4) is 0 Å². The molecule has 6 amide bonds. The summed E-state index contributed by atoms with van der Waals surface area (Å²) in [6.45, 7) is 8.58. The van der Waals surface area contributed by atoms with Crippen molar-refractivity contribution < 1.29 is 113 Å². The minimum absolute atomic E-state index is 0.00285. The Hall–Kier alpha value is -10.1. The van der Waals surface area contributed by atoms with Crippen LogP contribution in [0.15, 0.2) is 124 Å². The fourth-order valence-corrected chi connectivity index (χ4v) is 9.50. The highest BCUT2D eigenvalue weighted by Gasteiger charge is 2.52. The Balaban J connectivity index is 0.000000226. The third-order valence-electron chi connectivity index (χ3n) is 15.7. The van der Waals surface area contributed by atoms with E-state index in [1.165, 1.54) is 89.1 Å². The average molecular weight is 1440 g/mol. The topological polar surface area (TPSA) is 425 Å². The molecule has 9 N–H and O–H groups in total. The molecule has 3 aliphatic rings. The summed E-state index contributed by atoms with van der Waals surface area (Å²) in [5.41, 5.74) is 6.22. The van der Waals surface area contributed by atoms with Crippen LogP contribution in [0, 0.1) is 31.3 Å². The molecular formula is C70H84F3N9O21. The largest absolute Gasteiger partial charge is 0.480 e. The number of Topliss-reactive ketones (excluding diaryl/α,β-unsaturated/α-hetero) is 3. The number of methoxy groups -OCH3 is 4. The monoisotopic (exact) mass is 1440 g/mol. The molecule has 4 aromatic carbocycles. The molecule has 0 aliphatic carbocycles. The van der Waals surface area contributed by atoms with Crippen LogP contribution in [0.4, 0.5) is 18.0 Å². The minimum atomic E-state index is -1.25. The van der Waals surface area contributed by atoms with Crippen molar-refractivity contribution in [2.75, 3.05) is 74.7 Å². The number of carbonyl (C=O) groups is 10. The average Bonchev–Trinajstić information content (AvgIpc) is 1.66. The molecule has 2 aromatic heterocycles. The summed E-state index contributed by atoms with van der Waals surface area (Å²) in [4.78, 5) is 123. The molecule has 556 valence electrons. The summed E-state index contributed by atoms with van der Waals surface area (Å²) in [7, 11) is 5.34. The molecule has 10 atom stereocenters. The van der Waals surface area contributed by atoms with Crippen molar-refractivity contribution in [1.29, 1.82) is 0 Å². The Morgan fingerprint density at radius 1 is 0.466 bits per heavy atom. The van der Waals surface area contributed by atoms with Crippen molar-refractivity contribution in [2.24, 2.45) is 5.73 Å². The predicted molar refractivity (Wildman–Crippen MR) is 356 cm³/mol. The number of carboxylic acid groups (broad SMARTS) is 1. The van der Waals surface area contributed by atoms with E-state index < -0.39 is 107 Å². The highest BCUT2D eigenvalue weighted by molar-refractivity contribution is 6.00. The Bertz CT molecular complexity index is 3830. The number of nitrogens with one attached hydrogen (secondary N) is 6. The van der Waals surface area contributed by atoms with Crippen LogP contribution in [-0.2, 0) is 97.3 Å². The van der Waals surface area contributed by atoms with Gasteiger partial charge >= 0.3 is 12.1 Å². The number of nitrogens with zero attached hydrogens (tertiary/aromatic N) is 2. The number of aromatic nitrogens is 2. The van der Waals surface area contributed by atoms with Gasteiger partial charge in [-0.15, -0.1) is 0 Å². The molecule has 30 nitrogen and oxygen atoms in total. The fourth-order valence-electron chi connectivity index (χ4n) is 9.50. The lowest BCUT2D eigenvalue weighted by Gasteiger charge is -2.25. The van der Waals surface area contributed by atoms with E-state index in [-0.39, 0.29) is 92.9 Å². The second-order valence-electron chi connectivity index (χ2n) is 24.5. The number of aryl methyl sites for hydroxylation is 2. The number of alkyl carbamates (subject to hydrolysis) is 1. The zero-order chi connectivity index (χ0) is 75.6. The number of benzene rings is 4. The maximum Gasteiger partial charge on any atom is 0.408 e. The van der Waals surface area contributed by atoms with Gasteiger partial charge in [-0.25, -0.2) is 22.8 Å². The van der Waals surface area contributed by atoms with E-state index >= 15 is 0 Å². The summed E-state index contributed by atoms with van der Waals surface area (Å²) in [5, 5.41) is 31.1. The molecule has 6 aromatic rings. The van der Waals surface area contributed by atoms with Crippen molar-refractivity contribution in [3.05, 3.63) is 178 Å². The number of ether oxygens (including phenoxy) is 8. The first-order valence-electron chi connectivity index (χ1n) is 32.0. The lowest BCUT2D eigenvalue weighted by Crippen LogP contribution is -2.59. The van der Waals surface area contributed by atoms with E-state index in [4.69, 9.17) is 57.8 Å². The van der Waals surface area contributed by atoms with Gasteiger partial charge in [-0.2, -0.15) is 0 Å². The summed E-state index contributed by atoms with van der Waals surface area (Å²) >= 11 is 0. The van der Waals surface area contributed by atoms with E-state index in [9.17, 15) is 61.1 Å². The molecule has 0 spiro atoms. The summed E-state index contributed by atoms with van der Waals surface area (Å²) in [5.74, 6) is -5.60. The number of carboxylic acids is 1. The van der Waals surface area contributed by atoms with Crippen LogP contribution in [-0.4, -0.2) is 208 Å². The number of epoxide rings is 3. The highest BCUT2D eigenvalue weighted by atomic mass is 19.1. The Kier molecular flexibility index (Phi) is 30.8. The predicted octanol–water partition coefficient (Wildman–Crippen LogP) is 3.10. The van der Waals surface area contributed by atoms with Crippen molar-refractivity contribution in [3.63, 3.8) is 0 Å². The van der Waals surface area contributed by atoms with Crippen LogP contribution in [0.25, 0.3) is 0 Å². The second-order valence-corrected chi connectivity index (χ2v) is 24.5. The van der Waals surface area contributed by atoms with E-state index in [1.54, 1.807) is 58.9 Å². The van der Waals surface area contributed by atoms with Crippen molar-refractivity contribution in [1.82, 2.24) is 42.2 Å². The number of hydrogen-bond acceptors (Lipinski definition) is 23. The highest BCUT2D eigenvalue weighted by Crippen LogP contribution is 2.31. The number of hydrogen-bond donors (Lipinski definition) is 8. The van der Waals surface area contributed by atoms with E-state index in [0.29, 0.717) is 36.7 Å². The van der Waals surface area contributed by atoms with Crippen LogP contribution in [0.5, 0.6) is 0 Å². The van der Waals surface area contributed by atoms with Gasteiger partial charge in [-0.05, 0) is 113 Å². The van der Waals surface area contributed by atoms with Crippen molar-refractivity contribution >= 4 is 58.9 Å². The van der Waals surface area contributed by atoms with Gasteiger partial charge in [0.2, 0.25) is 17.7 Å². The third-order valence-corrected chi connectivity index (χ3v) is 15.7. The van der Waals surface area contributed by atoms with Crippen LogP contribution < -0.4 is 37.6 Å². The maximum absolute atomic E-state index is 13.3. The van der Waals surface area contributed by atoms with Gasteiger partial charge in [-0.3, -0.25) is 38.4 Å². The molecule has 5 heterocycles. The lowest BCUT2D eigenvalue weighted by atomic mass is 9.94. The molecule has 9 rings (SSSR count). The van der Waals surface area contributed by atoms with Crippen LogP contribution in [0.1, 0.15) is 75.5 Å². The number of rotatable bonds is 34. The van der Waals surface area contributed by atoms with Gasteiger partial charge in [0.15, 0.2) is 34.8 Å². The summed E-state index contributed by atoms with van der Waals surface area (Å²) < 4.78 is 89.2. The Morgan fingerprint density at radius 3 is 1.15 bits per heavy atom. The molecular weight excluding hydrogens is 1360 g/mol. The fraction of sp³-hybridized carbons (Fsp3) is 0.429. The maximum atomic E-state index is 13.3. The zero-order valence-corrected chi connectivity index (χ0v) is 58.0. The lowest BCUT2D eigenvalue weighted by molar-refractivity contribution is -0.143. The smallest absolute Gasteiger partial charge is 0.408 e. The number of ketones is 3. The van der Waals surface area contributed by atoms with Gasteiger partial charge < -0.3 is 89.7 Å². The van der Waals surface area contributed by atoms with Crippen LogP contribution >= 0.6 is 0 Å². The molecule has 0 radical (unpaired) electrons. The van der Waals surface area contributed by atoms with E-state index in [2.05, 4.69) is 42.2 Å². The van der Waals surface area contributed by atoms with Crippen molar-refractivity contribution in [2.45, 2.75) is 120 Å². The first-order chi connectivity index (χ1) is 48.9. The Morgan fingerprint density at radius 2 is 0.796 bits per heavy atom. The van der Waals surface area contributed by atoms with Gasteiger partial charge in [0.25, 0.3) is 11.8 Å². The van der Waals surface area contributed by atoms with Gasteiger partial charge in [-0.1, -0.05) is 77.0 Å². The molecule has 3 aliphatic heterocycles. The first kappa shape index (κ1) is 81.8. The van der Waals surface area contributed by atoms with Gasteiger partial charge in [0, 0.05) is 40.6 Å². The number of aliphatic carboxylic acids is 1. The van der Waals surface area contributed by atoms with E-state index in [0.717, 1.165) is 16.7 Å².